The lowest BCUT2D eigenvalue weighted by Crippen LogP contribution is -2.33. The summed E-state index contributed by atoms with van der Waals surface area (Å²) >= 11 is 0. The van der Waals surface area contributed by atoms with Gasteiger partial charge in [0.2, 0.25) is 11.6 Å². The number of ether oxygens (including phenoxy) is 3. The van der Waals surface area contributed by atoms with Gasteiger partial charge in [0.25, 0.3) is 5.56 Å². The van der Waals surface area contributed by atoms with E-state index >= 15 is 0 Å². The minimum absolute atomic E-state index is 0.0437. The maximum absolute atomic E-state index is 12.3. The average molecular weight is 402 g/mol. The molecule has 2 aromatic rings. The van der Waals surface area contributed by atoms with Crippen molar-refractivity contribution >= 4 is 5.71 Å². The van der Waals surface area contributed by atoms with Crippen molar-refractivity contribution in [3.8, 4) is 23.1 Å². The molecule has 0 saturated carbocycles. The average Bonchev–Trinajstić information content (AvgIpc) is 3.18. The van der Waals surface area contributed by atoms with Gasteiger partial charge in [-0.1, -0.05) is 6.08 Å². The smallest absolute Gasteiger partial charge is 0.331 e. The minimum atomic E-state index is -0.721. The lowest BCUT2D eigenvalue weighted by molar-refractivity contribution is 0.320. The van der Waals surface area contributed by atoms with E-state index < -0.39 is 17.1 Å². The van der Waals surface area contributed by atoms with E-state index in [0.717, 1.165) is 10.1 Å². The maximum Gasteiger partial charge on any atom is 0.331 e. The van der Waals surface area contributed by atoms with Gasteiger partial charge in [0.05, 0.1) is 33.1 Å². The van der Waals surface area contributed by atoms with Gasteiger partial charge in [-0.15, -0.1) is 6.58 Å². The first-order valence-corrected chi connectivity index (χ1v) is 8.75. The number of allylic oxidation sites excluding steroid dienone is 1. The van der Waals surface area contributed by atoms with Crippen LogP contribution in [0.2, 0.25) is 0 Å². The highest BCUT2D eigenvalue weighted by Gasteiger charge is 2.30. The van der Waals surface area contributed by atoms with Crippen LogP contribution in [0.25, 0.3) is 0 Å². The molecule has 1 atom stereocenters. The van der Waals surface area contributed by atoms with Crippen LogP contribution in [0.3, 0.4) is 0 Å². The SMILES string of the molecule is C=CCn1c(O)c(C2=NN[C@H](c3ccc(OC)c(OC)c3OC)C2)c(=O)[nH]c1=O. The largest absolute Gasteiger partial charge is 0.494 e. The van der Waals surface area contributed by atoms with Crippen LogP contribution in [0.4, 0.5) is 0 Å². The molecule has 3 rings (SSSR count). The first-order chi connectivity index (χ1) is 14.0. The summed E-state index contributed by atoms with van der Waals surface area (Å²) < 4.78 is 17.2. The molecule has 1 aliphatic heterocycles. The standard InChI is InChI=1S/C19H22N4O6/c1-5-8-23-18(25)14(17(24)20-19(23)26)12-9-11(21-22-12)10-6-7-13(27-2)16(29-4)15(10)28-3/h5-7,11,21,25H,1,8-9H2,2-4H3,(H,20,24,26)/t11-/m0/s1. The molecule has 0 radical (unpaired) electrons. The molecule has 1 aromatic heterocycles. The van der Waals surface area contributed by atoms with Crippen molar-refractivity contribution in [2.75, 3.05) is 21.3 Å². The van der Waals surface area contributed by atoms with E-state index in [-0.39, 0.29) is 24.6 Å². The number of nitrogens with zero attached hydrogens (tertiary/aromatic N) is 2. The van der Waals surface area contributed by atoms with Crippen molar-refractivity contribution in [3.63, 3.8) is 0 Å². The second-order valence-corrected chi connectivity index (χ2v) is 6.23. The van der Waals surface area contributed by atoms with Gasteiger partial charge in [0.15, 0.2) is 11.5 Å². The maximum atomic E-state index is 12.3. The fourth-order valence-electron chi connectivity index (χ4n) is 3.30. The van der Waals surface area contributed by atoms with Crippen molar-refractivity contribution in [1.82, 2.24) is 15.0 Å². The number of aromatic hydroxyl groups is 1. The normalized spacial score (nSPS) is 15.4. The number of hydrogen-bond acceptors (Lipinski definition) is 8. The Balaban J connectivity index is 2.00. The number of methoxy groups -OCH3 is 3. The molecule has 1 aromatic carbocycles. The summed E-state index contributed by atoms with van der Waals surface area (Å²) in [7, 11) is 4.55. The van der Waals surface area contributed by atoms with Gasteiger partial charge >= 0.3 is 5.69 Å². The van der Waals surface area contributed by atoms with E-state index in [4.69, 9.17) is 14.2 Å². The van der Waals surface area contributed by atoms with Gasteiger partial charge in [0.1, 0.15) is 5.56 Å². The number of H-pyrrole nitrogens is 1. The quantitative estimate of drug-likeness (QED) is 0.587. The van der Waals surface area contributed by atoms with Crippen LogP contribution in [-0.2, 0) is 6.54 Å². The monoisotopic (exact) mass is 402 g/mol. The van der Waals surface area contributed by atoms with Crippen LogP contribution < -0.4 is 30.9 Å². The number of aromatic nitrogens is 2. The van der Waals surface area contributed by atoms with Gasteiger partial charge in [-0.25, -0.2) is 4.79 Å². The fourth-order valence-corrected chi connectivity index (χ4v) is 3.30. The number of hydrazone groups is 1. The first kappa shape index (κ1) is 20.1. The van der Waals surface area contributed by atoms with Crippen molar-refractivity contribution in [2.45, 2.75) is 19.0 Å². The van der Waals surface area contributed by atoms with E-state index in [1.54, 1.807) is 12.1 Å². The van der Waals surface area contributed by atoms with Crippen LogP contribution in [-0.4, -0.2) is 41.7 Å². The number of aromatic amines is 1. The molecule has 0 spiro atoms. The molecule has 0 unspecified atom stereocenters. The highest BCUT2D eigenvalue weighted by atomic mass is 16.5. The predicted octanol–water partition coefficient (Wildman–Crippen LogP) is 0.893. The van der Waals surface area contributed by atoms with Crippen LogP contribution in [0.1, 0.15) is 23.6 Å². The summed E-state index contributed by atoms with van der Waals surface area (Å²) in [6, 6.07) is 3.20. The summed E-state index contributed by atoms with van der Waals surface area (Å²) in [5.74, 6) is 0.954. The second-order valence-electron chi connectivity index (χ2n) is 6.23. The third-order valence-electron chi connectivity index (χ3n) is 4.64. The predicted molar refractivity (Wildman–Crippen MR) is 106 cm³/mol. The molecule has 1 aliphatic rings. The van der Waals surface area contributed by atoms with E-state index in [0.29, 0.717) is 23.0 Å². The molecule has 10 nitrogen and oxygen atoms in total. The molecule has 0 aliphatic carbocycles. The molecule has 0 bridgehead atoms. The lowest BCUT2D eigenvalue weighted by Gasteiger charge is -2.19. The highest BCUT2D eigenvalue weighted by molar-refractivity contribution is 6.03. The molecule has 2 heterocycles. The third kappa shape index (κ3) is 3.44. The Labute approximate surface area is 166 Å². The van der Waals surface area contributed by atoms with Gasteiger partial charge in [-0.05, 0) is 12.1 Å². The molecule has 0 amide bonds. The van der Waals surface area contributed by atoms with E-state index in [1.807, 2.05) is 0 Å². The summed E-state index contributed by atoms with van der Waals surface area (Å²) in [4.78, 5) is 26.4. The molecule has 29 heavy (non-hydrogen) atoms. The Morgan fingerprint density at radius 3 is 2.59 bits per heavy atom. The first-order valence-electron chi connectivity index (χ1n) is 8.75. The Morgan fingerprint density at radius 2 is 1.97 bits per heavy atom. The zero-order valence-corrected chi connectivity index (χ0v) is 16.3. The van der Waals surface area contributed by atoms with Crippen LogP contribution >= 0.6 is 0 Å². The van der Waals surface area contributed by atoms with Gasteiger partial charge in [0, 0.05) is 18.5 Å². The molecular formula is C19H22N4O6. The zero-order chi connectivity index (χ0) is 21.1. The van der Waals surface area contributed by atoms with Crippen molar-refractivity contribution in [3.05, 3.63) is 56.8 Å². The third-order valence-corrected chi connectivity index (χ3v) is 4.64. The lowest BCUT2D eigenvalue weighted by atomic mass is 9.98. The van der Waals surface area contributed by atoms with E-state index in [1.165, 1.54) is 27.4 Å². The van der Waals surface area contributed by atoms with Gasteiger partial charge < -0.3 is 24.7 Å². The Kier molecular flexibility index (Phi) is 5.62. The van der Waals surface area contributed by atoms with Crippen LogP contribution in [0.5, 0.6) is 23.1 Å². The van der Waals surface area contributed by atoms with E-state index in [9.17, 15) is 14.7 Å². The molecule has 10 heteroatoms. The number of benzene rings is 1. The molecule has 3 N–H and O–H groups in total. The zero-order valence-electron chi connectivity index (χ0n) is 16.3. The second kappa shape index (κ2) is 8.13. The highest BCUT2D eigenvalue weighted by Crippen LogP contribution is 2.43. The Bertz CT molecular complexity index is 1090. The fraction of sp³-hybridized carbons (Fsp3) is 0.316. The van der Waals surface area contributed by atoms with Crippen molar-refractivity contribution in [1.29, 1.82) is 0 Å². The van der Waals surface area contributed by atoms with Crippen molar-refractivity contribution < 1.29 is 19.3 Å². The van der Waals surface area contributed by atoms with E-state index in [2.05, 4.69) is 22.1 Å². The minimum Gasteiger partial charge on any atom is -0.494 e. The summed E-state index contributed by atoms with van der Waals surface area (Å²) in [6.45, 7) is 3.59. The number of hydrogen-bond donors (Lipinski definition) is 3. The summed E-state index contributed by atoms with van der Waals surface area (Å²) in [5.41, 5.74) is 2.49. The summed E-state index contributed by atoms with van der Waals surface area (Å²) in [6.07, 6.45) is 1.71. The molecular weight excluding hydrogens is 380 g/mol. The van der Waals surface area contributed by atoms with Crippen LogP contribution in [0.15, 0.2) is 39.5 Å². The van der Waals surface area contributed by atoms with Crippen molar-refractivity contribution in [2.24, 2.45) is 5.10 Å². The van der Waals surface area contributed by atoms with Gasteiger partial charge in [-0.3, -0.25) is 14.3 Å². The van der Waals surface area contributed by atoms with Crippen LogP contribution in [0, 0.1) is 0 Å². The molecule has 0 saturated heterocycles. The topological polar surface area (TPSA) is 127 Å². The van der Waals surface area contributed by atoms with Gasteiger partial charge in [-0.2, -0.15) is 5.10 Å². The summed E-state index contributed by atoms with van der Waals surface area (Å²) in [5, 5.41) is 14.7. The Morgan fingerprint density at radius 1 is 1.24 bits per heavy atom. The Hall–Kier alpha value is -3.69. The molecule has 154 valence electrons. The number of rotatable bonds is 7. The number of nitrogens with one attached hydrogen (secondary N) is 2. The molecule has 0 fully saturated rings.